The molecule has 142 valence electrons. The lowest BCUT2D eigenvalue weighted by molar-refractivity contribution is -0.137. The van der Waals surface area contributed by atoms with Crippen molar-refractivity contribution in [1.29, 1.82) is 0 Å². The number of carbonyl (C=O) groups excluding carboxylic acids is 1. The van der Waals surface area contributed by atoms with Gasteiger partial charge in [0.05, 0.1) is 18.3 Å². The number of benzene rings is 2. The number of amides is 1. The maximum absolute atomic E-state index is 13.0. The van der Waals surface area contributed by atoms with E-state index in [0.29, 0.717) is 42.3 Å². The first-order valence-corrected chi connectivity index (χ1v) is 9.10. The van der Waals surface area contributed by atoms with Crippen LogP contribution < -0.4 is 0 Å². The van der Waals surface area contributed by atoms with Crippen molar-refractivity contribution in [3.63, 3.8) is 0 Å². The van der Waals surface area contributed by atoms with E-state index in [0.717, 1.165) is 25.0 Å². The number of halogens is 3. The smallest absolute Gasteiger partial charge is 0.374 e. The Morgan fingerprint density at radius 1 is 1.04 bits per heavy atom. The monoisotopic (exact) mass is 375 g/mol. The molecule has 1 heterocycles. The van der Waals surface area contributed by atoms with E-state index in [2.05, 4.69) is 0 Å². The zero-order valence-corrected chi connectivity index (χ0v) is 14.7. The molecule has 2 aromatic rings. The summed E-state index contributed by atoms with van der Waals surface area (Å²) < 4.78 is 44.7. The summed E-state index contributed by atoms with van der Waals surface area (Å²) in [7, 11) is 0. The van der Waals surface area contributed by atoms with Crippen molar-refractivity contribution in [2.75, 3.05) is 19.7 Å². The Labute approximate surface area is 155 Å². The van der Waals surface area contributed by atoms with Gasteiger partial charge in [-0.15, -0.1) is 0 Å². The number of rotatable bonds is 3. The molecule has 4 rings (SSSR count). The summed E-state index contributed by atoms with van der Waals surface area (Å²) in [6.45, 7) is 1.65. The standard InChI is InChI=1S/C21H20F3NO2/c22-21(23,24)18-6-2-4-16(12-18)15-3-1-5-17(11-15)20(26)25-9-10-27-19(13-25)14-7-8-14/h1-6,11-12,14,19H,7-10,13H2/t19-/m1/s1. The van der Waals surface area contributed by atoms with Crippen molar-refractivity contribution in [3.8, 4) is 11.1 Å². The largest absolute Gasteiger partial charge is 0.416 e. The lowest BCUT2D eigenvalue weighted by Gasteiger charge is -2.33. The Hall–Kier alpha value is -2.34. The molecule has 1 saturated heterocycles. The number of nitrogens with zero attached hydrogens (tertiary/aromatic N) is 1. The fourth-order valence-corrected chi connectivity index (χ4v) is 3.50. The van der Waals surface area contributed by atoms with Gasteiger partial charge in [-0.2, -0.15) is 13.2 Å². The van der Waals surface area contributed by atoms with Crippen LogP contribution >= 0.6 is 0 Å². The van der Waals surface area contributed by atoms with E-state index in [1.54, 1.807) is 35.2 Å². The molecule has 2 aliphatic rings. The third-order valence-corrected chi connectivity index (χ3v) is 5.16. The zero-order valence-electron chi connectivity index (χ0n) is 14.7. The van der Waals surface area contributed by atoms with Crippen molar-refractivity contribution in [3.05, 3.63) is 59.7 Å². The first-order chi connectivity index (χ1) is 12.9. The van der Waals surface area contributed by atoms with Gasteiger partial charge in [0.1, 0.15) is 0 Å². The highest BCUT2D eigenvalue weighted by molar-refractivity contribution is 5.95. The van der Waals surface area contributed by atoms with Crippen molar-refractivity contribution in [2.24, 2.45) is 5.92 Å². The third kappa shape index (κ3) is 4.00. The molecule has 0 aromatic heterocycles. The maximum atomic E-state index is 13.0. The minimum atomic E-state index is -4.39. The second-order valence-corrected chi connectivity index (χ2v) is 7.16. The summed E-state index contributed by atoms with van der Waals surface area (Å²) in [5, 5.41) is 0. The molecule has 1 saturated carbocycles. The fraction of sp³-hybridized carbons (Fsp3) is 0.381. The average molecular weight is 375 g/mol. The third-order valence-electron chi connectivity index (χ3n) is 5.16. The molecule has 2 aromatic carbocycles. The Balaban J connectivity index is 1.56. The average Bonchev–Trinajstić information content (AvgIpc) is 3.52. The Morgan fingerprint density at radius 2 is 1.74 bits per heavy atom. The van der Waals surface area contributed by atoms with Crippen LogP contribution in [0.25, 0.3) is 11.1 Å². The van der Waals surface area contributed by atoms with Crippen LogP contribution in [0.4, 0.5) is 13.2 Å². The highest BCUT2D eigenvalue weighted by atomic mass is 19.4. The van der Waals surface area contributed by atoms with Crippen LogP contribution in [0, 0.1) is 5.92 Å². The van der Waals surface area contributed by atoms with Crippen molar-refractivity contribution in [2.45, 2.75) is 25.1 Å². The number of alkyl halides is 3. The van der Waals surface area contributed by atoms with Crippen molar-refractivity contribution < 1.29 is 22.7 Å². The van der Waals surface area contributed by atoms with Crippen LogP contribution in [0.1, 0.15) is 28.8 Å². The number of carbonyl (C=O) groups is 1. The fourth-order valence-electron chi connectivity index (χ4n) is 3.50. The summed E-state index contributed by atoms with van der Waals surface area (Å²) in [4.78, 5) is 14.7. The lowest BCUT2D eigenvalue weighted by atomic mass is 10.00. The van der Waals surface area contributed by atoms with Crippen molar-refractivity contribution in [1.82, 2.24) is 4.90 Å². The van der Waals surface area contributed by atoms with E-state index in [9.17, 15) is 18.0 Å². The van der Waals surface area contributed by atoms with E-state index in [-0.39, 0.29) is 12.0 Å². The summed E-state index contributed by atoms with van der Waals surface area (Å²) in [6.07, 6.45) is -1.99. The molecule has 1 amide bonds. The molecule has 0 bridgehead atoms. The van der Waals surface area contributed by atoms with Gasteiger partial charge in [0, 0.05) is 18.7 Å². The van der Waals surface area contributed by atoms with Gasteiger partial charge in [0.15, 0.2) is 0 Å². The Morgan fingerprint density at radius 3 is 2.44 bits per heavy atom. The summed E-state index contributed by atoms with van der Waals surface area (Å²) in [5.74, 6) is 0.454. The Bertz CT molecular complexity index is 845. The minimum absolute atomic E-state index is 0.0993. The molecule has 0 radical (unpaired) electrons. The predicted octanol–water partition coefficient (Wildman–Crippen LogP) is 4.62. The first kappa shape index (κ1) is 18.0. The number of ether oxygens (including phenoxy) is 1. The number of hydrogen-bond donors (Lipinski definition) is 0. The van der Waals surface area contributed by atoms with E-state index in [1.807, 2.05) is 0 Å². The molecule has 1 aliphatic heterocycles. The van der Waals surface area contributed by atoms with Gasteiger partial charge in [-0.25, -0.2) is 0 Å². The topological polar surface area (TPSA) is 29.5 Å². The highest BCUT2D eigenvalue weighted by Crippen LogP contribution is 2.36. The molecule has 3 nitrogen and oxygen atoms in total. The normalized spacial score (nSPS) is 20.6. The SMILES string of the molecule is O=C(c1cccc(-c2cccc(C(F)(F)F)c2)c1)N1CCO[C@@H](C2CC2)C1. The second kappa shape index (κ2) is 7.00. The summed E-state index contributed by atoms with van der Waals surface area (Å²) in [6, 6.07) is 12.0. The molecule has 0 spiro atoms. The van der Waals surface area contributed by atoms with Crippen LogP contribution in [0.5, 0.6) is 0 Å². The minimum Gasteiger partial charge on any atom is -0.374 e. The van der Waals surface area contributed by atoms with Gasteiger partial charge in [0.25, 0.3) is 5.91 Å². The van der Waals surface area contributed by atoms with Gasteiger partial charge >= 0.3 is 6.18 Å². The molecule has 6 heteroatoms. The quantitative estimate of drug-likeness (QED) is 0.783. The van der Waals surface area contributed by atoms with Gasteiger partial charge in [-0.05, 0) is 54.2 Å². The van der Waals surface area contributed by atoms with E-state index < -0.39 is 11.7 Å². The van der Waals surface area contributed by atoms with Crippen molar-refractivity contribution >= 4 is 5.91 Å². The molecule has 0 unspecified atom stereocenters. The van der Waals surface area contributed by atoms with E-state index >= 15 is 0 Å². The maximum Gasteiger partial charge on any atom is 0.416 e. The van der Waals surface area contributed by atoms with Gasteiger partial charge in [-0.1, -0.05) is 24.3 Å². The zero-order chi connectivity index (χ0) is 19.0. The van der Waals surface area contributed by atoms with Crippen LogP contribution in [-0.4, -0.2) is 36.6 Å². The lowest BCUT2D eigenvalue weighted by Crippen LogP contribution is -2.46. The number of morpholine rings is 1. The first-order valence-electron chi connectivity index (χ1n) is 9.10. The van der Waals surface area contributed by atoms with E-state index in [1.165, 1.54) is 6.07 Å². The second-order valence-electron chi connectivity index (χ2n) is 7.16. The predicted molar refractivity (Wildman–Crippen MR) is 95.2 cm³/mol. The van der Waals surface area contributed by atoms with Gasteiger partial charge in [0.2, 0.25) is 0 Å². The molecule has 27 heavy (non-hydrogen) atoms. The molecular formula is C21H20F3NO2. The van der Waals surface area contributed by atoms with E-state index in [4.69, 9.17) is 4.74 Å². The van der Waals surface area contributed by atoms with Crippen LogP contribution in [-0.2, 0) is 10.9 Å². The van der Waals surface area contributed by atoms with Crippen LogP contribution in [0.3, 0.4) is 0 Å². The molecule has 0 N–H and O–H groups in total. The molecular weight excluding hydrogens is 355 g/mol. The van der Waals surface area contributed by atoms with Crippen LogP contribution in [0.15, 0.2) is 48.5 Å². The molecule has 1 atom stereocenters. The number of hydrogen-bond acceptors (Lipinski definition) is 2. The molecule has 1 aliphatic carbocycles. The van der Waals surface area contributed by atoms with Gasteiger partial charge < -0.3 is 9.64 Å². The van der Waals surface area contributed by atoms with Gasteiger partial charge in [-0.3, -0.25) is 4.79 Å². The Kier molecular flexibility index (Phi) is 4.68. The summed E-state index contributed by atoms with van der Waals surface area (Å²) >= 11 is 0. The summed E-state index contributed by atoms with van der Waals surface area (Å²) in [5.41, 5.74) is 0.829. The van der Waals surface area contributed by atoms with Crippen LogP contribution in [0.2, 0.25) is 0 Å². The molecule has 2 fully saturated rings. The highest BCUT2D eigenvalue weighted by Gasteiger charge is 2.36.